The molecule has 2 heterocycles. The second-order valence-electron chi connectivity index (χ2n) is 6.29. The molecule has 0 bridgehead atoms. The maximum Gasteiger partial charge on any atom is 0.317 e. The highest BCUT2D eigenvalue weighted by Gasteiger charge is 2.20. The van der Waals surface area contributed by atoms with Crippen LogP contribution in [0.2, 0.25) is 5.02 Å². The summed E-state index contributed by atoms with van der Waals surface area (Å²) in [5.74, 6) is 1.25. The number of para-hydroxylation sites is 1. The van der Waals surface area contributed by atoms with Crippen LogP contribution in [0.15, 0.2) is 36.5 Å². The van der Waals surface area contributed by atoms with Crippen molar-refractivity contribution in [3.05, 3.63) is 52.8 Å². The summed E-state index contributed by atoms with van der Waals surface area (Å²) < 4.78 is 7.69. The molecule has 0 spiro atoms. The van der Waals surface area contributed by atoms with E-state index >= 15 is 0 Å². The number of carbonyl (C=O) groups excluding carboxylic acids is 1. The molecule has 0 fully saturated rings. The number of ether oxygens (including phenoxy) is 1. The minimum Gasteiger partial charge on any atom is -0.493 e. The average molecular weight is 348 g/mol. The van der Waals surface area contributed by atoms with Gasteiger partial charge in [-0.05, 0) is 24.1 Å². The Morgan fingerprint density at radius 3 is 3.00 bits per heavy atom. The van der Waals surface area contributed by atoms with Gasteiger partial charge < -0.3 is 19.5 Å². The van der Waals surface area contributed by atoms with Crippen LogP contribution in [0.5, 0.6) is 5.75 Å². The Labute approximate surface area is 147 Å². The van der Waals surface area contributed by atoms with Crippen LogP contribution in [-0.4, -0.2) is 35.7 Å². The third kappa shape index (κ3) is 3.85. The van der Waals surface area contributed by atoms with Crippen molar-refractivity contribution in [2.45, 2.75) is 13.0 Å². The largest absolute Gasteiger partial charge is 0.493 e. The Morgan fingerprint density at radius 2 is 2.25 bits per heavy atom. The summed E-state index contributed by atoms with van der Waals surface area (Å²) in [5.41, 5.74) is 2.20. The number of nitrogens with one attached hydrogen (secondary N) is 1. The highest BCUT2D eigenvalue weighted by Crippen LogP contribution is 2.26. The van der Waals surface area contributed by atoms with Gasteiger partial charge in [0.05, 0.1) is 18.2 Å². The maximum absolute atomic E-state index is 12.3. The van der Waals surface area contributed by atoms with Crippen molar-refractivity contribution in [2.75, 3.05) is 20.2 Å². The number of hydrogen-bond acceptors (Lipinski definition) is 2. The summed E-state index contributed by atoms with van der Waals surface area (Å²) in [6.07, 6.45) is 2.76. The SMILES string of the molecule is CN(Cc1cc(Cl)cn1C)C(=O)NC[C@H]1COc2ccccc2C1. The van der Waals surface area contributed by atoms with E-state index in [0.29, 0.717) is 30.6 Å². The molecular formula is C18H22ClN3O2. The Balaban J connectivity index is 1.50. The van der Waals surface area contributed by atoms with E-state index < -0.39 is 0 Å². The number of fused-ring (bicyclic) bond motifs is 1. The standard InChI is InChI=1S/C18H22ClN3O2/c1-21-10-15(19)8-16(21)11-22(2)18(23)20-9-13-7-14-5-3-4-6-17(14)24-12-13/h3-6,8,10,13H,7,9,11-12H2,1-2H3,(H,20,23)/t13-/m0/s1. The van der Waals surface area contributed by atoms with E-state index in [2.05, 4.69) is 11.4 Å². The van der Waals surface area contributed by atoms with Crippen molar-refractivity contribution < 1.29 is 9.53 Å². The van der Waals surface area contributed by atoms with Gasteiger partial charge in [-0.25, -0.2) is 4.79 Å². The zero-order valence-corrected chi connectivity index (χ0v) is 14.7. The molecular weight excluding hydrogens is 326 g/mol. The van der Waals surface area contributed by atoms with E-state index in [1.54, 1.807) is 11.9 Å². The summed E-state index contributed by atoms with van der Waals surface area (Å²) in [5, 5.41) is 3.67. The van der Waals surface area contributed by atoms with Crippen molar-refractivity contribution in [3.8, 4) is 5.75 Å². The molecule has 0 saturated heterocycles. The van der Waals surface area contributed by atoms with Crippen molar-refractivity contribution in [3.63, 3.8) is 0 Å². The lowest BCUT2D eigenvalue weighted by atomic mass is 9.97. The highest BCUT2D eigenvalue weighted by molar-refractivity contribution is 6.30. The van der Waals surface area contributed by atoms with Gasteiger partial charge in [0.2, 0.25) is 0 Å². The normalized spacial score (nSPS) is 16.2. The van der Waals surface area contributed by atoms with Crippen LogP contribution in [0.4, 0.5) is 4.79 Å². The number of hydrogen-bond donors (Lipinski definition) is 1. The monoisotopic (exact) mass is 347 g/mol. The molecule has 5 nitrogen and oxygen atoms in total. The first kappa shape index (κ1) is 16.7. The lowest BCUT2D eigenvalue weighted by Crippen LogP contribution is -2.41. The van der Waals surface area contributed by atoms with Gasteiger partial charge in [0.25, 0.3) is 0 Å². The first-order chi connectivity index (χ1) is 11.5. The van der Waals surface area contributed by atoms with Gasteiger partial charge in [-0.2, -0.15) is 0 Å². The number of benzene rings is 1. The molecule has 128 valence electrons. The van der Waals surface area contributed by atoms with Gasteiger partial charge in [0.1, 0.15) is 5.75 Å². The molecule has 2 aromatic rings. The Morgan fingerprint density at radius 1 is 1.46 bits per heavy atom. The van der Waals surface area contributed by atoms with E-state index in [1.807, 2.05) is 42.1 Å². The molecule has 1 N–H and O–H groups in total. The zero-order valence-electron chi connectivity index (χ0n) is 14.0. The fraction of sp³-hybridized carbons (Fsp3) is 0.389. The molecule has 0 unspecified atom stereocenters. The van der Waals surface area contributed by atoms with Gasteiger partial charge in [0, 0.05) is 38.4 Å². The van der Waals surface area contributed by atoms with Crippen LogP contribution in [0.25, 0.3) is 0 Å². The first-order valence-corrected chi connectivity index (χ1v) is 8.41. The minimum atomic E-state index is -0.0915. The Kier molecular flexibility index (Phi) is 5.00. The minimum absolute atomic E-state index is 0.0915. The van der Waals surface area contributed by atoms with Crippen LogP contribution < -0.4 is 10.1 Å². The van der Waals surface area contributed by atoms with Gasteiger partial charge in [-0.15, -0.1) is 0 Å². The van der Waals surface area contributed by atoms with E-state index in [-0.39, 0.29) is 6.03 Å². The number of nitrogens with zero attached hydrogens (tertiary/aromatic N) is 2. The second-order valence-corrected chi connectivity index (χ2v) is 6.73. The van der Waals surface area contributed by atoms with Crippen molar-refractivity contribution in [2.24, 2.45) is 13.0 Å². The average Bonchev–Trinajstić information content (AvgIpc) is 2.89. The lowest BCUT2D eigenvalue weighted by molar-refractivity contribution is 0.192. The van der Waals surface area contributed by atoms with E-state index in [1.165, 1.54) is 5.56 Å². The molecule has 6 heteroatoms. The zero-order chi connectivity index (χ0) is 17.1. The molecule has 1 aliphatic heterocycles. The summed E-state index contributed by atoms with van der Waals surface area (Å²) >= 11 is 5.98. The first-order valence-electron chi connectivity index (χ1n) is 8.03. The van der Waals surface area contributed by atoms with Gasteiger partial charge in [0.15, 0.2) is 0 Å². The van der Waals surface area contributed by atoms with E-state index in [9.17, 15) is 4.79 Å². The summed E-state index contributed by atoms with van der Waals surface area (Å²) in [4.78, 5) is 13.9. The fourth-order valence-electron chi connectivity index (χ4n) is 2.93. The van der Waals surface area contributed by atoms with Crippen LogP contribution in [0.1, 0.15) is 11.3 Å². The predicted octanol–water partition coefficient (Wildman–Crippen LogP) is 3.07. The van der Waals surface area contributed by atoms with Crippen LogP contribution in [-0.2, 0) is 20.0 Å². The summed E-state index contributed by atoms with van der Waals surface area (Å²) in [6.45, 7) is 1.75. The third-order valence-electron chi connectivity index (χ3n) is 4.32. The lowest BCUT2D eigenvalue weighted by Gasteiger charge is -2.26. The molecule has 1 atom stereocenters. The van der Waals surface area contributed by atoms with Crippen molar-refractivity contribution >= 4 is 17.6 Å². The molecule has 0 aliphatic carbocycles. The van der Waals surface area contributed by atoms with Crippen LogP contribution in [0.3, 0.4) is 0 Å². The molecule has 1 aliphatic rings. The van der Waals surface area contributed by atoms with Crippen LogP contribution >= 0.6 is 11.6 Å². The smallest absolute Gasteiger partial charge is 0.317 e. The molecule has 2 amide bonds. The predicted molar refractivity (Wildman–Crippen MR) is 94.4 cm³/mol. The number of rotatable bonds is 4. The summed E-state index contributed by atoms with van der Waals surface area (Å²) in [7, 11) is 3.70. The molecule has 0 saturated carbocycles. The van der Waals surface area contributed by atoms with Gasteiger partial charge in [-0.3, -0.25) is 0 Å². The Hall–Kier alpha value is -2.14. The third-order valence-corrected chi connectivity index (χ3v) is 4.52. The van der Waals surface area contributed by atoms with Gasteiger partial charge in [-0.1, -0.05) is 29.8 Å². The number of amides is 2. The summed E-state index contributed by atoms with van der Waals surface area (Å²) in [6, 6.07) is 9.84. The maximum atomic E-state index is 12.3. The number of aryl methyl sites for hydroxylation is 1. The molecule has 1 aromatic carbocycles. The van der Waals surface area contributed by atoms with Crippen molar-refractivity contribution in [1.82, 2.24) is 14.8 Å². The van der Waals surface area contributed by atoms with E-state index in [4.69, 9.17) is 16.3 Å². The highest BCUT2D eigenvalue weighted by atomic mass is 35.5. The Bertz CT molecular complexity index is 729. The van der Waals surface area contributed by atoms with Crippen LogP contribution in [0, 0.1) is 5.92 Å². The number of urea groups is 1. The number of halogens is 1. The van der Waals surface area contributed by atoms with Crippen molar-refractivity contribution in [1.29, 1.82) is 0 Å². The molecule has 0 radical (unpaired) electrons. The quantitative estimate of drug-likeness (QED) is 0.924. The number of carbonyl (C=O) groups is 1. The number of aromatic nitrogens is 1. The molecule has 3 rings (SSSR count). The fourth-order valence-corrected chi connectivity index (χ4v) is 3.20. The molecule has 1 aromatic heterocycles. The topological polar surface area (TPSA) is 46.5 Å². The second kappa shape index (κ2) is 7.18. The molecule has 24 heavy (non-hydrogen) atoms. The van der Waals surface area contributed by atoms with E-state index in [0.717, 1.165) is 17.9 Å². The van der Waals surface area contributed by atoms with Gasteiger partial charge >= 0.3 is 6.03 Å².